The maximum Gasteiger partial charge on any atom is 0.270 e. The molecule has 2 aromatic rings. The van der Waals surface area contributed by atoms with Gasteiger partial charge in [-0.1, -0.05) is 30.3 Å². The summed E-state index contributed by atoms with van der Waals surface area (Å²) in [5.41, 5.74) is 3.31. The van der Waals surface area contributed by atoms with Gasteiger partial charge in [-0.25, -0.2) is 0 Å². The highest BCUT2D eigenvalue weighted by Gasteiger charge is 2.32. The minimum Gasteiger partial charge on any atom is -0.390 e. The second-order valence-corrected chi connectivity index (χ2v) is 5.09. The standard InChI is InChI=1S/C16H16N2O2/c1-10-5-4-8-17-14(10)16(20)18-15-12-7-3-2-6-11(12)9-13(15)19/h2-8,13,15,19H,9H2,1H3,(H,18,20). The summed E-state index contributed by atoms with van der Waals surface area (Å²) in [6.07, 6.45) is 1.59. The van der Waals surface area contributed by atoms with Gasteiger partial charge in [-0.2, -0.15) is 0 Å². The maximum absolute atomic E-state index is 12.3. The molecule has 102 valence electrons. The second kappa shape index (κ2) is 5.06. The third-order valence-electron chi connectivity index (χ3n) is 3.72. The minimum absolute atomic E-state index is 0.246. The molecule has 2 unspecified atom stereocenters. The maximum atomic E-state index is 12.3. The lowest BCUT2D eigenvalue weighted by molar-refractivity contribution is 0.0852. The number of hydrogen-bond acceptors (Lipinski definition) is 3. The highest BCUT2D eigenvalue weighted by Crippen LogP contribution is 2.31. The molecule has 0 bridgehead atoms. The smallest absolute Gasteiger partial charge is 0.270 e. The van der Waals surface area contributed by atoms with E-state index in [9.17, 15) is 9.90 Å². The van der Waals surface area contributed by atoms with Gasteiger partial charge in [0.2, 0.25) is 0 Å². The summed E-state index contributed by atoms with van der Waals surface area (Å²) < 4.78 is 0. The van der Waals surface area contributed by atoms with E-state index in [0.29, 0.717) is 12.1 Å². The molecule has 1 amide bonds. The fraction of sp³-hybridized carbons (Fsp3) is 0.250. The van der Waals surface area contributed by atoms with Gasteiger partial charge in [0.05, 0.1) is 12.1 Å². The van der Waals surface area contributed by atoms with E-state index in [-0.39, 0.29) is 11.9 Å². The van der Waals surface area contributed by atoms with E-state index >= 15 is 0 Å². The fourth-order valence-electron chi connectivity index (χ4n) is 2.68. The molecular weight excluding hydrogens is 252 g/mol. The summed E-state index contributed by atoms with van der Waals surface area (Å²) in [4.78, 5) is 16.4. The quantitative estimate of drug-likeness (QED) is 0.872. The van der Waals surface area contributed by atoms with Crippen LogP contribution in [0.3, 0.4) is 0 Å². The monoisotopic (exact) mass is 268 g/mol. The molecule has 0 radical (unpaired) electrons. The molecule has 2 N–H and O–H groups in total. The molecule has 0 spiro atoms. The molecule has 1 aliphatic carbocycles. The first-order chi connectivity index (χ1) is 9.66. The topological polar surface area (TPSA) is 62.2 Å². The molecular formula is C16H16N2O2. The second-order valence-electron chi connectivity index (χ2n) is 5.09. The molecule has 0 fully saturated rings. The lowest BCUT2D eigenvalue weighted by Gasteiger charge is -2.18. The minimum atomic E-state index is -0.583. The van der Waals surface area contributed by atoms with E-state index in [0.717, 1.165) is 16.7 Å². The number of nitrogens with one attached hydrogen (secondary N) is 1. The number of rotatable bonds is 2. The van der Waals surface area contributed by atoms with Gasteiger partial charge in [-0.3, -0.25) is 9.78 Å². The Hall–Kier alpha value is -2.20. The fourth-order valence-corrected chi connectivity index (χ4v) is 2.68. The molecule has 4 heteroatoms. The molecule has 0 aliphatic heterocycles. The van der Waals surface area contributed by atoms with Crippen LogP contribution in [0.4, 0.5) is 0 Å². The number of carbonyl (C=O) groups is 1. The zero-order valence-corrected chi connectivity index (χ0v) is 11.2. The van der Waals surface area contributed by atoms with Crippen LogP contribution in [-0.4, -0.2) is 22.1 Å². The number of aliphatic hydroxyl groups excluding tert-OH is 1. The summed E-state index contributed by atoms with van der Waals surface area (Å²) >= 11 is 0. The normalized spacial score (nSPS) is 20.5. The van der Waals surface area contributed by atoms with E-state index in [4.69, 9.17) is 0 Å². The molecule has 1 aliphatic rings. The number of pyridine rings is 1. The zero-order chi connectivity index (χ0) is 14.1. The summed E-state index contributed by atoms with van der Waals surface area (Å²) in [5, 5.41) is 13.0. The first kappa shape index (κ1) is 12.8. The average Bonchev–Trinajstić information content (AvgIpc) is 2.76. The Morgan fingerprint density at radius 3 is 2.90 bits per heavy atom. The van der Waals surface area contributed by atoms with Crippen molar-refractivity contribution >= 4 is 5.91 Å². The predicted molar refractivity (Wildman–Crippen MR) is 75.3 cm³/mol. The molecule has 1 aromatic heterocycles. The molecule has 3 rings (SSSR count). The number of aliphatic hydroxyl groups is 1. The Balaban J connectivity index is 1.85. The lowest BCUT2D eigenvalue weighted by atomic mass is 10.1. The molecule has 4 nitrogen and oxygen atoms in total. The van der Waals surface area contributed by atoms with Crippen LogP contribution >= 0.6 is 0 Å². The van der Waals surface area contributed by atoms with Gasteiger partial charge in [0, 0.05) is 12.6 Å². The van der Waals surface area contributed by atoms with Crippen LogP contribution in [0.1, 0.15) is 33.2 Å². The van der Waals surface area contributed by atoms with E-state index in [2.05, 4.69) is 10.3 Å². The van der Waals surface area contributed by atoms with Crippen molar-refractivity contribution in [2.45, 2.75) is 25.5 Å². The van der Waals surface area contributed by atoms with Gasteiger partial charge in [-0.15, -0.1) is 0 Å². The molecule has 2 atom stereocenters. The molecule has 1 heterocycles. The van der Waals surface area contributed by atoms with Crippen molar-refractivity contribution in [3.8, 4) is 0 Å². The first-order valence-corrected chi connectivity index (χ1v) is 6.65. The SMILES string of the molecule is Cc1cccnc1C(=O)NC1c2ccccc2CC1O. The Morgan fingerprint density at radius 1 is 1.30 bits per heavy atom. The number of fused-ring (bicyclic) bond motifs is 1. The highest BCUT2D eigenvalue weighted by atomic mass is 16.3. The van der Waals surface area contributed by atoms with Crippen LogP contribution in [0.5, 0.6) is 0 Å². The van der Waals surface area contributed by atoms with Gasteiger partial charge in [0.25, 0.3) is 5.91 Å². The lowest BCUT2D eigenvalue weighted by Crippen LogP contribution is -2.34. The van der Waals surface area contributed by atoms with Crippen LogP contribution in [0.25, 0.3) is 0 Å². The van der Waals surface area contributed by atoms with E-state index in [1.54, 1.807) is 12.3 Å². The van der Waals surface area contributed by atoms with Crippen molar-refractivity contribution in [3.05, 3.63) is 65.0 Å². The van der Waals surface area contributed by atoms with E-state index in [1.165, 1.54) is 0 Å². The molecule has 0 saturated carbocycles. The number of benzene rings is 1. The number of aryl methyl sites for hydroxylation is 1. The number of amides is 1. The average molecular weight is 268 g/mol. The van der Waals surface area contributed by atoms with Crippen molar-refractivity contribution in [3.63, 3.8) is 0 Å². The van der Waals surface area contributed by atoms with Crippen LogP contribution in [0, 0.1) is 6.92 Å². The summed E-state index contributed by atoms with van der Waals surface area (Å²) in [6, 6.07) is 11.1. The van der Waals surface area contributed by atoms with Gasteiger partial charge in [-0.05, 0) is 29.7 Å². The summed E-state index contributed by atoms with van der Waals surface area (Å²) in [7, 11) is 0. The highest BCUT2D eigenvalue weighted by molar-refractivity contribution is 5.94. The Morgan fingerprint density at radius 2 is 2.10 bits per heavy atom. The van der Waals surface area contributed by atoms with Crippen molar-refractivity contribution in [1.82, 2.24) is 10.3 Å². The predicted octanol–water partition coefficient (Wildman–Crippen LogP) is 1.78. The Bertz CT molecular complexity index is 654. The summed E-state index contributed by atoms with van der Waals surface area (Å²) in [6.45, 7) is 1.85. The van der Waals surface area contributed by atoms with Gasteiger partial charge in [0.15, 0.2) is 0 Å². The summed E-state index contributed by atoms with van der Waals surface area (Å²) in [5.74, 6) is -0.246. The zero-order valence-electron chi connectivity index (χ0n) is 11.2. The largest absolute Gasteiger partial charge is 0.390 e. The van der Waals surface area contributed by atoms with Crippen molar-refractivity contribution in [2.75, 3.05) is 0 Å². The first-order valence-electron chi connectivity index (χ1n) is 6.65. The Kier molecular flexibility index (Phi) is 3.24. The van der Waals surface area contributed by atoms with Crippen molar-refractivity contribution in [1.29, 1.82) is 0 Å². The third-order valence-corrected chi connectivity index (χ3v) is 3.72. The van der Waals surface area contributed by atoms with Crippen LogP contribution < -0.4 is 5.32 Å². The van der Waals surface area contributed by atoms with E-state index < -0.39 is 6.10 Å². The van der Waals surface area contributed by atoms with Gasteiger partial charge >= 0.3 is 0 Å². The number of aromatic nitrogens is 1. The molecule has 1 aromatic carbocycles. The van der Waals surface area contributed by atoms with Crippen LogP contribution in [-0.2, 0) is 6.42 Å². The number of carbonyl (C=O) groups excluding carboxylic acids is 1. The van der Waals surface area contributed by atoms with Crippen LogP contribution in [0.15, 0.2) is 42.6 Å². The van der Waals surface area contributed by atoms with Gasteiger partial charge in [0.1, 0.15) is 5.69 Å². The van der Waals surface area contributed by atoms with Crippen molar-refractivity contribution in [2.24, 2.45) is 0 Å². The molecule has 20 heavy (non-hydrogen) atoms. The van der Waals surface area contributed by atoms with Crippen molar-refractivity contribution < 1.29 is 9.90 Å². The molecule has 0 saturated heterocycles. The van der Waals surface area contributed by atoms with Crippen LogP contribution in [0.2, 0.25) is 0 Å². The van der Waals surface area contributed by atoms with Gasteiger partial charge < -0.3 is 10.4 Å². The Labute approximate surface area is 117 Å². The van der Waals surface area contributed by atoms with E-state index in [1.807, 2.05) is 37.3 Å². The number of nitrogens with zero attached hydrogens (tertiary/aromatic N) is 1. The third kappa shape index (κ3) is 2.18. The number of hydrogen-bond donors (Lipinski definition) is 2.